The second kappa shape index (κ2) is 5.94. The van der Waals surface area contributed by atoms with Gasteiger partial charge < -0.3 is 10.6 Å². The first-order valence-corrected chi connectivity index (χ1v) is 7.40. The van der Waals surface area contributed by atoms with Crippen molar-refractivity contribution in [2.24, 2.45) is 11.7 Å². The molecule has 0 radical (unpaired) electrons. The number of thiazole rings is 1. The summed E-state index contributed by atoms with van der Waals surface area (Å²) in [6.45, 7) is 5.35. The smallest absolute Gasteiger partial charge is 0.0931 e. The third-order valence-electron chi connectivity index (χ3n) is 3.63. The highest BCUT2D eigenvalue weighted by atomic mass is 32.1. The van der Waals surface area contributed by atoms with E-state index in [9.17, 15) is 0 Å². The molecule has 1 fully saturated rings. The van der Waals surface area contributed by atoms with E-state index in [4.69, 9.17) is 10.7 Å². The molecule has 0 aromatic carbocycles. The van der Waals surface area contributed by atoms with Gasteiger partial charge in [0.2, 0.25) is 0 Å². The summed E-state index contributed by atoms with van der Waals surface area (Å²) in [5.41, 5.74) is 6.98. The summed E-state index contributed by atoms with van der Waals surface area (Å²) in [4.78, 5) is 7.19. The van der Waals surface area contributed by atoms with Gasteiger partial charge in [0.25, 0.3) is 0 Å². The highest BCUT2D eigenvalue weighted by molar-refractivity contribution is 7.09. The van der Waals surface area contributed by atoms with Crippen molar-refractivity contribution in [2.75, 3.05) is 26.7 Å². The number of hydrogen-bond acceptors (Lipinski definition) is 4. The lowest BCUT2D eigenvalue weighted by molar-refractivity contribution is 0.253. The van der Waals surface area contributed by atoms with Crippen LogP contribution in [-0.2, 0) is 6.42 Å². The highest BCUT2D eigenvalue weighted by Crippen LogP contribution is 2.28. The average molecular weight is 253 g/mol. The average Bonchev–Trinajstić information content (AvgIpc) is 2.78. The van der Waals surface area contributed by atoms with Crippen LogP contribution in [0, 0.1) is 5.92 Å². The normalized spacial score (nSPS) is 20.6. The Bertz CT molecular complexity index is 342. The van der Waals surface area contributed by atoms with Crippen LogP contribution in [0.25, 0.3) is 0 Å². The van der Waals surface area contributed by atoms with Crippen molar-refractivity contribution in [3.63, 3.8) is 0 Å². The van der Waals surface area contributed by atoms with Crippen LogP contribution >= 0.6 is 11.3 Å². The van der Waals surface area contributed by atoms with Crippen molar-refractivity contribution >= 4 is 11.3 Å². The number of rotatable bonds is 4. The SMILES string of the molecule is CC(CN)Cc1nc(C2CCN(C)CC2)cs1. The van der Waals surface area contributed by atoms with Crippen LogP contribution in [0.5, 0.6) is 0 Å². The lowest BCUT2D eigenvalue weighted by Crippen LogP contribution is -2.29. The molecule has 0 spiro atoms. The molecule has 2 rings (SSSR count). The molecule has 17 heavy (non-hydrogen) atoms. The summed E-state index contributed by atoms with van der Waals surface area (Å²) in [7, 11) is 2.20. The molecule has 1 aromatic rings. The van der Waals surface area contributed by atoms with Crippen LogP contribution in [0.2, 0.25) is 0 Å². The van der Waals surface area contributed by atoms with E-state index in [2.05, 4.69) is 24.3 Å². The zero-order valence-corrected chi connectivity index (χ0v) is 11.7. The van der Waals surface area contributed by atoms with Gasteiger partial charge in [0.05, 0.1) is 10.7 Å². The van der Waals surface area contributed by atoms with E-state index < -0.39 is 0 Å². The second-order valence-electron chi connectivity index (χ2n) is 5.29. The molecule has 1 unspecified atom stereocenters. The number of nitrogens with two attached hydrogens (primary N) is 1. The summed E-state index contributed by atoms with van der Waals surface area (Å²) in [6.07, 6.45) is 3.55. The van der Waals surface area contributed by atoms with Gasteiger partial charge in [0.1, 0.15) is 0 Å². The topological polar surface area (TPSA) is 42.1 Å². The third-order valence-corrected chi connectivity index (χ3v) is 4.52. The number of likely N-dealkylation sites (tertiary alicyclic amines) is 1. The van der Waals surface area contributed by atoms with Gasteiger partial charge in [0, 0.05) is 17.7 Å². The standard InChI is InChI=1S/C13H23N3S/c1-10(8-14)7-13-15-12(9-17-13)11-3-5-16(2)6-4-11/h9-11H,3-8,14H2,1-2H3. The molecular formula is C13H23N3S. The van der Waals surface area contributed by atoms with Gasteiger partial charge in [-0.05, 0) is 45.4 Å². The molecule has 2 heterocycles. The van der Waals surface area contributed by atoms with Crippen molar-refractivity contribution in [3.05, 3.63) is 16.1 Å². The van der Waals surface area contributed by atoms with E-state index in [1.54, 1.807) is 0 Å². The number of nitrogens with zero attached hydrogens (tertiary/aromatic N) is 2. The minimum absolute atomic E-state index is 0.548. The maximum absolute atomic E-state index is 5.66. The van der Waals surface area contributed by atoms with Gasteiger partial charge in [-0.15, -0.1) is 11.3 Å². The Morgan fingerprint density at radius 1 is 1.53 bits per heavy atom. The largest absolute Gasteiger partial charge is 0.330 e. The maximum atomic E-state index is 5.66. The van der Waals surface area contributed by atoms with E-state index in [0.29, 0.717) is 11.8 Å². The van der Waals surface area contributed by atoms with Crippen molar-refractivity contribution in [2.45, 2.75) is 32.1 Å². The lowest BCUT2D eigenvalue weighted by atomic mass is 9.94. The molecule has 3 nitrogen and oxygen atoms in total. The Morgan fingerprint density at radius 2 is 2.24 bits per heavy atom. The van der Waals surface area contributed by atoms with Crippen LogP contribution in [0.15, 0.2) is 5.38 Å². The van der Waals surface area contributed by atoms with E-state index in [0.717, 1.165) is 13.0 Å². The molecule has 0 saturated carbocycles. The lowest BCUT2D eigenvalue weighted by Gasteiger charge is -2.27. The molecule has 1 saturated heterocycles. The molecule has 4 heteroatoms. The highest BCUT2D eigenvalue weighted by Gasteiger charge is 2.20. The van der Waals surface area contributed by atoms with Gasteiger partial charge in [-0.25, -0.2) is 4.98 Å². The molecule has 2 N–H and O–H groups in total. The van der Waals surface area contributed by atoms with Gasteiger partial charge in [0.15, 0.2) is 0 Å². The van der Waals surface area contributed by atoms with Crippen molar-refractivity contribution < 1.29 is 0 Å². The Balaban J connectivity index is 1.93. The van der Waals surface area contributed by atoms with Crippen molar-refractivity contribution in [1.29, 1.82) is 0 Å². The summed E-state index contributed by atoms with van der Waals surface area (Å²) in [6, 6.07) is 0. The van der Waals surface area contributed by atoms with E-state index >= 15 is 0 Å². The fraction of sp³-hybridized carbons (Fsp3) is 0.769. The van der Waals surface area contributed by atoms with Gasteiger partial charge in [-0.2, -0.15) is 0 Å². The van der Waals surface area contributed by atoms with Gasteiger partial charge in [-0.1, -0.05) is 6.92 Å². The van der Waals surface area contributed by atoms with Crippen molar-refractivity contribution in [1.82, 2.24) is 9.88 Å². The minimum atomic E-state index is 0.548. The zero-order chi connectivity index (χ0) is 12.3. The Kier molecular flexibility index (Phi) is 4.54. The fourth-order valence-corrected chi connectivity index (χ4v) is 3.33. The number of aromatic nitrogens is 1. The molecule has 0 aliphatic carbocycles. The Morgan fingerprint density at radius 3 is 2.88 bits per heavy atom. The predicted octanol–water partition coefficient (Wildman–Crippen LogP) is 2.09. The summed E-state index contributed by atoms with van der Waals surface area (Å²) in [5, 5.41) is 3.52. The van der Waals surface area contributed by atoms with Crippen LogP contribution in [0.1, 0.15) is 36.4 Å². The zero-order valence-electron chi connectivity index (χ0n) is 10.9. The first-order valence-electron chi connectivity index (χ1n) is 6.52. The molecular weight excluding hydrogens is 230 g/mol. The third kappa shape index (κ3) is 3.50. The monoisotopic (exact) mass is 253 g/mol. The number of hydrogen-bond donors (Lipinski definition) is 1. The first-order chi connectivity index (χ1) is 8.19. The minimum Gasteiger partial charge on any atom is -0.330 e. The Hall–Kier alpha value is -0.450. The van der Waals surface area contributed by atoms with Gasteiger partial charge in [-0.3, -0.25) is 0 Å². The Labute approximate surface area is 108 Å². The predicted molar refractivity (Wildman–Crippen MR) is 73.5 cm³/mol. The van der Waals surface area contributed by atoms with Gasteiger partial charge >= 0.3 is 0 Å². The summed E-state index contributed by atoms with van der Waals surface area (Å²) < 4.78 is 0. The van der Waals surface area contributed by atoms with E-state index in [1.165, 1.54) is 36.6 Å². The molecule has 0 amide bonds. The number of piperidine rings is 1. The molecule has 1 atom stereocenters. The van der Waals surface area contributed by atoms with Crippen LogP contribution in [0.4, 0.5) is 0 Å². The van der Waals surface area contributed by atoms with Crippen LogP contribution in [0.3, 0.4) is 0 Å². The molecule has 0 bridgehead atoms. The maximum Gasteiger partial charge on any atom is 0.0931 e. The quantitative estimate of drug-likeness (QED) is 0.893. The summed E-state index contributed by atoms with van der Waals surface area (Å²) >= 11 is 1.81. The second-order valence-corrected chi connectivity index (χ2v) is 6.23. The van der Waals surface area contributed by atoms with E-state index in [1.807, 2.05) is 11.3 Å². The molecule has 96 valence electrons. The van der Waals surface area contributed by atoms with Crippen LogP contribution in [-0.4, -0.2) is 36.6 Å². The van der Waals surface area contributed by atoms with Crippen LogP contribution < -0.4 is 5.73 Å². The molecule has 1 aliphatic rings. The van der Waals surface area contributed by atoms with E-state index in [-0.39, 0.29) is 0 Å². The van der Waals surface area contributed by atoms with Crippen molar-refractivity contribution in [3.8, 4) is 0 Å². The molecule has 1 aliphatic heterocycles. The molecule has 1 aromatic heterocycles. The fourth-order valence-electron chi connectivity index (χ4n) is 2.29. The summed E-state index contributed by atoms with van der Waals surface area (Å²) in [5.74, 6) is 1.23. The first kappa shape index (κ1) is 13.0.